The van der Waals surface area contributed by atoms with Gasteiger partial charge in [0.15, 0.2) is 0 Å². The third-order valence-corrected chi connectivity index (χ3v) is 4.75. The molecule has 3 nitrogen and oxygen atoms in total. The lowest BCUT2D eigenvalue weighted by atomic mass is 9.83. The van der Waals surface area contributed by atoms with Gasteiger partial charge in [0.1, 0.15) is 0 Å². The number of aromatic nitrogens is 2. The molecule has 0 saturated heterocycles. The van der Waals surface area contributed by atoms with Crippen molar-refractivity contribution in [3.8, 4) is 0 Å². The highest BCUT2D eigenvalue weighted by molar-refractivity contribution is 5.06. The number of nitrogens with two attached hydrogens (primary N) is 1. The van der Waals surface area contributed by atoms with Gasteiger partial charge in [-0.05, 0) is 55.4 Å². The van der Waals surface area contributed by atoms with E-state index in [1.807, 2.05) is 17.9 Å². The minimum atomic E-state index is 0.323. The maximum absolute atomic E-state index is 6.29. The zero-order chi connectivity index (χ0) is 11.8. The smallest absolute Gasteiger partial charge is 0.0522 e. The van der Waals surface area contributed by atoms with Crippen LogP contribution >= 0.6 is 0 Å². The summed E-state index contributed by atoms with van der Waals surface area (Å²) in [6.45, 7) is 0. The molecule has 0 amide bonds. The van der Waals surface area contributed by atoms with Crippen LogP contribution in [-0.2, 0) is 13.5 Å². The predicted octanol–water partition coefficient (Wildman–Crippen LogP) is 2.12. The Hall–Kier alpha value is -0.830. The van der Waals surface area contributed by atoms with Gasteiger partial charge in [-0.15, -0.1) is 0 Å². The van der Waals surface area contributed by atoms with E-state index in [0.29, 0.717) is 6.04 Å². The van der Waals surface area contributed by atoms with Crippen LogP contribution in [0, 0.1) is 17.8 Å². The Labute approximate surface area is 103 Å². The Morgan fingerprint density at radius 1 is 1.47 bits per heavy atom. The fourth-order valence-corrected chi connectivity index (χ4v) is 4.02. The summed E-state index contributed by atoms with van der Waals surface area (Å²) >= 11 is 0. The molecule has 17 heavy (non-hydrogen) atoms. The second kappa shape index (κ2) is 4.45. The van der Waals surface area contributed by atoms with Gasteiger partial charge in [-0.2, -0.15) is 5.10 Å². The van der Waals surface area contributed by atoms with Gasteiger partial charge in [-0.1, -0.05) is 6.42 Å². The summed E-state index contributed by atoms with van der Waals surface area (Å²) in [5.41, 5.74) is 7.57. The molecule has 3 rings (SSSR count). The van der Waals surface area contributed by atoms with E-state index in [1.54, 1.807) is 0 Å². The zero-order valence-electron chi connectivity index (χ0n) is 10.7. The molecule has 2 N–H and O–H groups in total. The molecule has 4 atom stereocenters. The number of hydrogen-bond donors (Lipinski definition) is 1. The summed E-state index contributed by atoms with van der Waals surface area (Å²) in [5.74, 6) is 2.95. The second-order valence-corrected chi connectivity index (χ2v) is 6.16. The van der Waals surface area contributed by atoms with Crippen LogP contribution in [0.4, 0.5) is 0 Å². The number of rotatable bonds is 4. The maximum Gasteiger partial charge on any atom is 0.0522 e. The maximum atomic E-state index is 6.29. The zero-order valence-corrected chi connectivity index (χ0v) is 10.7. The van der Waals surface area contributed by atoms with Crippen molar-refractivity contribution < 1.29 is 0 Å². The molecule has 4 unspecified atom stereocenters. The highest BCUT2D eigenvalue weighted by Crippen LogP contribution is 2.49. The quantitative estimate of drug-likeness (QED) is 0.865. The van der Waals surface area contributed by atoms with Gasteiger partial charge in [-0.3, -0.25) is 4.68 Å². The van der Waals surface area contributed by atoms with Crippen molar-refractivity contribution in [1.29, 1.82) is 0 Å². The number of fused-ring (bicyclic) bond motifs is 2. The molecule has 2 fully saturated rings. The molecule has 3 heteroatoms. The van der Waals surface area contributed by atoms with E-state index < -0.39 is 0 Å². The van der Waals surface area contributed by atoms with E-state index in [2.05, 4.69) is 11.3 Å². The first-order valence-corrected chi connectivity index (χ1v) is 6.94. The van der Waals surface area contributed by atoms with Gasteiger partial charge in [0.05, 0.1) is 6.20 Å². The molecule has 0 aromatic carbocycles. The van der Waals surface area contributed by atoms with E-state index in [-0.39, 0.29) is 0 Å². The third-order valence-electron chi connectivity index (χ3n) is 4.75. The molecule has 1 aromatic heterocycles. The number of aryl methyl sites for hydroxylation is 1. The van der Waals surface area contributed by atoms with E-state index in [4.69, 9.17) is 5.73 Å². The van der Waals surface area contributed by atoms with Crippen molar-refractivity contribution in [3.63, 3.8) is 0 Å². The summed E-state index contributed by atoms with van der Waals surface area (Å²) in [6.07, 6.45) is 12.1. The summed E-state index contributed by atoms with van der Waals surface area (Å²) in [7, 11) is 1.96. The molecule has 1 heterocycles. The first kappa shape index (κ1) is 11.3. The molecule has 0 spiro atoms. The lowest BCUT2D eigenvalue weighted by molar-refractivity contribution is 0.294. The van der Waals surface area contributed by atoms with Crippen LogP contribution in [0.5, 0.6) is 0 Å². The van der Waals surface area contributed by atoms with Crippen LogP contribution in [0.1, 0.15) is 37.7 Å². The van der Waals surface area contributed by atoms with Crippen molar-refractivity contribution >= 4 is 0 Å². The first-order valence-electron chi connectivity index (χ1n) is 6.94. The van der Waals surface area contributed by atoms with Gasteiger partial charge >= 0.3 is 0 Å². The van der Waals surface area contributed by atoms with Crippen LogP contribution in [0.25, 0.3) is 0 Å². The highest BCUT2D eigenvalue weighted by atomic mass is 15.2. The van der Waals surface area contributed by atoms with Gasteiger partial charge in [0, 0.05) is 19.3 Å². The monoisotopic (exact) mass is 233 g/mol. The van der Waals surface area contributed by atoms with E-state index in [1.165, 1.54) is 37.7 Å². The average Bonchev–Trinajstić information content (AvgIpc) is 2.95. The summed E-state index contributed by atoms with van der Waals surface area (Å²) in [4.78, 5) is 0. The molecule has 94 valence electrons. The molecule has 1 aromatic rings. The topological polar surface area (TPSA) is 43.8 Å². The average molecular weight is 233 g/mol. The van der Waals surface area contributed by atoms with Gasteiger partial charge in [0.25, 0.3) is 0 Å². The molecule has 0 radical (unpaired) electrons. The summed E-state index contributed by atoms with van der Waals surface area (Å²) in [5, 5.41) is 4.20. The normalized spacial score (nSPS) is 33.2. The second-order valence-electron chi connectivity index (χ2n) is 6.16. The fraction of sp³-hybridized carbons (Fsp3) is 0.786. The van der Waals surface area contributed by atoms with Gasteiger partial charge in [-0.25, -0.2) is 0 Å². The lowest BCUT2D eigenvalue weighted by Crippen LogP contribution is -2.28. The van der Waals surface area contributed by atoms with Crippen molar-refractivity contribution in [3.05, 3.63) is 18.0 Å². The SMILES string of the molecule is Cn1cc(CC(N)CC2CC3CCC2C3)cn1. The van der Waals surface area contributed by atoms with Crippen LogP contribution in [0.2, 0.25) is 0 Å². The predicted molar refractivity (Wildman–Crippen MR) is 68.4 cm³/mol. The molecule has 0 aliphatic heterocycles. The Kier molecular flexibility index (Phi) is 2.95. The minimum Gasteiger partial charge on any atom is -0.327 e. The summed E-state index contributed by atoms with van der Waals surface area (Å²) < 4.78 is 1.86. The molecule has 2 saturated carbocycles. The Morgan fingerprint density at radius 3 is 2.94 bits per heavy atom. The van der Waals surface area contributed by atoms with E-state index >= 15 is 0 Å². The first-order chi connectivity index (χ1) is 8.20. The van der Waals surface area contributed by atoms with Crippen LogP contribution < -0.4 is 5.73 Å². The lowest BCUT2D eigenvalue weighted by Gasteiger charge is -2.24. The largest absolute Gasteiger partial charge is 0.327 e. The molecule has 2 aliphatic rings. The number of nitrogens with zero attached hydrogens (tertiary/aromatic N) is 2. The van der Waals surface area contributed by atoms with Gasteiger partial charge in [0.2, 0.25) is 0 Å². The van der Waals surface area contributed by atoms with Crippen molar-refractivity contribution in [2.24, 2.45) is 30.5 Å². The molecule has 2 aliphatic carbocycles. The third kappa shape index (κ3) is 2.39. The minimum absolute atomic E-state index is 0.323. The van der Waals surface area contributed by atoms with Crippen molar-refractivity contribution in [1.82, 2.24) is 9.78 Å². The fourth-order valence-electron chi connectivity index (χ4n) is 4.02. The van der Waals surface area contributed by atoms with E-state index in [0.717, 1.165) is 24.2 Å². The highest BCUT2D eigenvalue weighted by Gasteiger charge is 2.39. The Bertz CT molecular complexity index is 385. The van der Waals surface area contributed by atoms with Crippen molar-refractivity contribution in [2.75, 3.05) is 0 Å². The molecular formula is C14H23N3. The van der Waals surface area contributed by atoms with Crippen LogP contribution in [0.15, 0.2) is 12.4 Å². The van der Waals surface area contributed by atoms with Crippen LogP contribution in [-0.4, -0.2) is 15.8 Å². The Balaban J connectivity index is 1.52. The van der Waals surface area contributed by atoms with Gasteiger partial charge < -0.3 is 5.73 Å². The number of hydrogen-bond acceptors (Lipinski definition) is 2. The Morgan fingerprint density at radius 2 is 2.35 bits per heavy atom. The standard InChI is InChI=1S/C14H23N3/c1-17-9-11(8-16-17)6-14(15)7-13-5-10-2-3-12(13)4-10/h8-10,12-14H,2-7,15H2,1H3. The van der Waals surface area contributed by atoms with E-state index in [9.17, 15) is 0 Å². The molecular weight excluding hydrogens is 210 g/mol. The van der Waals surface area contributed by atoms with Crippen LogP contribution in [0.3, 0.4) is 0 Å². The summed E-state index contributed by atoms with van der Waals surface area (Å²) in [6, 6.07) is 0.323. The van der Waals surface area contributed by atoms with Crippen molar-refractivity contribution in [2.45, 2.75) is 44.6 Å². The molecule has 2 bridgehead atoms.